The molecule has 2 amide bonds. The smallest absolute Gasteiger partial charge is 0.254 e. The maximum Gasteiger partial charge on any atom is 0.254 e. The summed E-state index contributed by atoms with van der Waals surface area (Å²) in [5.41, 5.74) is 2.47. The minimum atomic E-state index is -1.09. The highest BCUT2D eigenvalue weighted by atomic mass is 19.1. The van der Waals surface area contributed by atoms with Gasteiger partial charge in [-0.1, -0.05) is 12.1 Å². The SMILES string of the molecule is COc1ccc2[nH]c3c(c2c1)CCN1C(=O)CN(CCc2cccc(F)c2)C(=O)[C@]31C. The molecule has 2 aromatic carbocycles. The van der Waals surface area contributed by atoms with E-state index in [-0.39, 0.29) is 24.2 Å². The molecule has 0 radical (unpaired) electrons. The maximum absolute atomic E-state index is 13.7. The number of methoxy groups -OCH3 is 1. The molecule has 1 saturated heterocycles. The number of halogens is 1. The molecule has 1 atom stereocenters. The van der Waals surface area contributed by atoms with Gasteiger partial charge in [-0.15, -0.1) is 0 Å². The standard InChI is InChI=1S/C24H24FN3O3/c1-24-22-18(19-13-17(31-2)6-7-20(19)26-22)9-11-28(24)21(29)14-27(23(24)30)10-8-15-4-3-5-16(25)12-15/h3-7,12-13,26H,8-11,14H2,1-2H3/t24-/m0/s1. The molecule has 31 heavy (non-hydrogen) atoms. The molecule has 7 heteroatoms. The van der Waals surface area contributed by atoms with E-state index in [4.69, 9.17) is 4.74 Å². The van der Waals surface area contributed by atoms with E-state index in [1.165, 1.54) is 12.1 Å². The van der Waals surface area contributed by atoms with Crippen molar-refractivity contribution in [2.75, 3.05) is 26.7 Å². The molecular weight excluding hydrogens is 397 g/mol. The van der Waals surface area contributed by atoms with Gasteiger partial charge in [0.15, 0.2) is 5.54 Å². The first-order valence-electron chi connectivity index (χ1n) is 10.4. The van der Waals surface area contributed by atoms with Crippen LogP contribution in [0.25, 0.3) is 10.9 Å². The first-order chi connectivity index (χ1) is 14.9. The summed E-state index contributed by atoms with van der Waals surface area (Å²) in [7, 11) is 1.63. The summed E-state index contributed by atoms with van der Waals surface area (Å²) in [6.45, 7) is 2.73. The Morgan fingerprint density at radius 2 is 2.03 bits per heavy atom. The number of carbonyl (C=O) groups is 2. The Morgan fingerprint density at radius 1 is 1.19 bits per heavy atom. The van der Waals surface area contributed by atoms with Crippen molar-refractivity contribution in [3.8, 4) is 5.75 Å². The third-order valence-electron chi connectivity index (χ3n) is 6.62. The van der Waals surface area contributed by atoms with Crippen LogP contribution < -0.4 is 4.74 Å². The monoisotopic (exact) mass is 421 g/mol. The van der Waals surface area contributed by atoms with E-state index in [1.807, 2.05) is 31.2 Å². The molecule has 0 aliphatic carbocycles. The van der Waals surface area contributed by atoms with Crippen molar-refractivity contribution in [3.63, 3.8) is 0 Å². The normalized spacial score (nSPS) is 20.7. The molecule has 2 aliphatic rings. The molecule has 0 spiro atoms. The highest BCUT2D eigenvalue weighted by Crippen LogP contribution is 2.42. The van der Waals surface area contributed by atoms with Crippen LogP contribution >= 0.6 is 0 Å². The molecule has 1 aromatic heterocycles. The van der Waals surface area contributed by atoms with E-state index in [1.54, 1.807) is 23.0 Å². The van der Waals surface area contributed by atoms with Crippen LogP contribution in [0.15, 0.2) is 42.5 Å². The summed E-state index contributed by atoms with van der Waals surface area (Å²) in [5, 5.41) is 1.02. The first-order valence-corrected chi connectivity index (χ1v) is 10.4. The van der Waals surface area contributed by atoms with Crippen LogP contribution in [0.2, 0.25) is 0 Å². The zero-order valence-electron chi connectivity index (χ0n) is 17.6. The summed E-state index contributed by atoms with van der Waals surface area (Å²) in [6.07, 6.45) is 1.17. The van der Waals surface area contributed by atoms with Gasteiger partial charge in [0.2, 0.25) is 5.91 Å². The fourth-order valence-electron chi connectivity index (χ4n) is 4.97. The lowest BCUT2D eigenvalue weighted by Gasteiger charge is -2.49. The minimum Gasteiger partial charge on any atom is -0.497 e. The van der Waals surface area contributed by atoms with Crippen LogP contribution in [-0.4, -0.2) is 53.3 Å². The molecule has 2 aliphatic heterocycles. The quantitative estimate of drug-likeness (QED) is 0.704. The second-order valence-electron chi connectivity index (χ2n) is 8.36. The summed E-state index contributed by atoms with van der Waals surface area (Å²) >= 11 is 0. The molecule has 0 saturated carbocycles. The maximum atomic E-state index is 13.7. The summed E-state index contributed by atoms with van der Waals surface area (Å²) in [6, 6.07) is 12.1. The number of benzene rings is 2. The van der Waals surface area contributed by atoms with Crippen LogP contribution in [0.5, 0.6) is 5.75 Å². The average molecular weight is 421 g/mol. The number of amides is 2. The zero-order valence-corrected chi connectivity index (χ0v) is 17.6. The number of hydrogen-bond acceptors (Lipinski definition) is 3. The number of nitrogens with one attached hydrogen (secondary N) is 1. The number of fused-ring (bicyclic) bond motifs is 5. The Morgan fingerprint density at radius 3 is 2.81 bits per heavy atom. The number of ether oxygens (including phenoxy) is 1. The molecule has 3 aromatic rings. The number of aromatic amines is 1. The van der Waals surface area contributed by atoms with Gasteiger partial charge in [0.05, 0.1) is 19.3 Å². The molecule has 1 fully saturated rings. The molecule has 1 N–H and O–H groups in total. The Hall–Kier alpha value is -3.35. The number of piperazine rings is 1. The number of hydrogen-bond donors (Lipinski definition) is 1. The number of aromatic nitrogens is 1. The fourth-order valence-corrected chi connectivity index (χ4v) is 4.97. The van der Waals surface area contributed by atoms with E-state index < -0.39 is 5.54 Å². The second kappa shape index (κ2) is 7.11. The number of H-pyrrole nitrogens is 1. The van der Waals surface area contributed by atoms with Gasteiger partial charge in [0.25, 0.3) is 5.91 Å². The fraction of sp³-hybridized carbons (Fsp3) is 0.333. The van der Waals surface area contributed by atoms with Crippen molar-refractivity contribution < 1.29 is 18.7 Å². The Labute approximate surface area is 179 Å². The minimum absolute atomic E-state index is 0.0487. The topological polar surface area (TPSA) is 65.6 Å². The third-order valence-corrected chi connectivity index (χ3v) is 6.62. The molecule has 3 heterocycles. The van der Waals surface area contributed by atoms with Crippen molar-refractivity contribution in [1.29, 1.82) is 0 Å². The first kappa shape index (κ1) is 19.6. The molecule has 0 unspecified atom stereocenters. The van der Waals surface area contributed by atoms with Gasteiger partial charge in [-0.3, -0.25) is 9.59 Å². The van der Waals surface area contributed by atoms with Crippen molar-refractivity contribution in [3.05, 3.63) is 65.1 Å². The average Bonchev–Trinajstić information content (AvgIpc) is 3.14. The Kier molecular flexibility index (Phi) is 4.50. The Balaban J connectivity index is 1.51. The lowest BCUT2D eigenvalue weighted by molar-refractivity contribution is -0.165. The number of rotatable bonds is 4. The lowest BCUT2D eigenvalue weighted by atomic mass is 9.83. The van der Waals surface area contributed by atoms with Gasteiger partial charge >= 0.3 is 0 Å². The molecule has 5 rings (SSSR count). The van der Waals surface area contributed by atoms with Crippen LogP contribution in [0.3, 0.4) is 0 Å². The van der Waals surface area contributed by atoms with Gasteiger partial charge in [-0.05, 0) is 61.2 Å². The largest absolute Gasteiger partial charge is 0.497 e. The van der Waals surface area contributed by atoms with Crippen LogP contribution in [0.1, 0.15) is 23.7 Å². The number of nitrogens with zero attached hydrogens (tertiary/aromatic N) is 2. The van der Waals surface area contributed by atoms with Gasteiger partial charge < -0.3 is 19.5 Å². The zero-order chi connectivity index (χ0) is 21.8. The third kappa shape index (κ3) is 2.99. The Bertz CT molecular complexity index is 1200. The summed E-state index contributed by atoms with van der Waals surface area (Å²) < 4.78 is 18.9. The highest BCUT2D eigenvalue weighted by molar-refractivity contribution is 6.00. The molecule has 0 bridgehead atoms. The van der Waals surface area contributed by atoms with Gasteiger partial charge in [0, 0.05) is 24.0 Å². The predicted octanol–water partition coefficient (Wildman–Crippen LogP) is 3.00. The van der Waals surface area contributed by atoms with E-state index in [2.05, 4.69) is 4.98 Å². The molecular formula is C24H24FN3O3. The van der Waals surface area contributed by atoms with Gasteiger partial charge in [-0.25, -0.2) is 4.39 Å². The van der Waals surface area contributed by atoms with E-state index >= 15 is 0 Å². The predicted molar refractivity (Wildman–Crippen MR) is 114 cm³/mol. The van der Waals surface area contributed by atoms with Gasteiger partial charge in [-0.2, -0.15) is 0 Å². The highest BCUT2D eigenvalue weighted by Gasteiger charge is 2.53. The second-order valence-corrected chi connectivity index (χ2v) is 8.36. The van der Waals surface area contributed by atoms with E-state index in [9.17, 15) is 14.0 Å². The molecule has 160 valence electrons. The van der Waals surface area contributed by atoms with E-state index in [0.29, 0.717) is 25.9 Å². The van der Waals surface area contributed by atoms with E-state index in [0.717, 1.165) is 33.5 Å². The van der Waals surface area contributed by atoms with Crippen molar-refractivity contribution >= 4 is 22.7 Å². The van der Waals surface area contributed by atoms with Crippen molar-refractivity contribution in [1.82, 2.24) is 14.8 Å². The summed E-state index contributed by atoms with van der Waals surface area (Å²) in [4.78, 5) is 33.4. The van der Waals surface area contributed by atoms with Crippen LogP contribution in [0, 0.1) is 5.82 Å². The van der Waals surface area contributed by atoms with Crippen LogP contribution in [-0.2, 0) is 28.0 Å². The van der Waals surface area contributed by atoms with Crippen molar-refractivity contribution in [2.45, 2.75) is 25.3 Å². The summed E-state index contributed by atoms with van der Waals surface area (Å²) in [5.74, 6) is 0.276. The number of carbonyl (C=O) groups excluding carboxylic acids is 2. The molecule has 6 nitrogen and oxygen atoms in total. The van der Waals surface area contributed by atoms with Gasteiger partial charge in [0.1, 0.15) is 11.6 Å². The van der Waals surface area contributed by atoms with Crippen LogP contribution in [0.4, 0.5) is 4.39 Å². The lowest BCUT2D eigenvalue weighted by Crippen LogP contribution is -2.67. The van der Waals surface area contributed by atoms with Crippen molar-refractivity contribution in [2.24, 2.45) is 0 Å².